The number of hydrogen-bond donors (Lipinski definition) is 3. The lowest BCUT2D eigenvalue weighted by Crippen LogP contribution is -2.15. The molecule has 3 N–H and O–H groups in total. The minimum atomic E-state index is -4.25. The smallest absolute Gasteiger partial charge is 0.294 e. The highest BCUT2D eigenvalue weighted by Crippen LogP contribution is 2.43. The molecule has 3 aromatic carbocycles. The van der Waals surface area contributed by atoms with Crippen molar-refractivity contribution in [1.29, 1.82) is 0 Å². The molecular weight excluding hydrogens is 472 g/mol. The zero-order valence-corrected chi connectivity index (χ0v) is 22.3. The molecule has 0 bridgehead atoms. The Bertz CT molecular complexity index is 1220. The van der Waals surface area contributed by atoms with Crippen LogP contribution in [-0.4, -0.2) is 23.2 Å². The maximum absolute atomic E-state index is 11.5. The van der Waals surface area contributed by atoms with Gasteiger partial charge >= 0.3 is 0 Å². The molecule has 0 radical (unpaired) electrons. The van der Waals surface area contributed by atoms with E-state index in [1.54, 1.807) is 24.3 Å². The van der Waals surface area contributed by atoms with Crippen molar-refractivity contribution in [2.45, 2.75) is 69.6 Å². The minimum absolute atomic E-state index is 0.0918. The van der Waals surface area contributed by atoms with Gasteiger partial charge in [0.05, 0.1) is 4.90 Å². The third kappa shape index (κ3) is 7.34. The molecule has 0 fully saturated rings. The number of phenols is 2. The van der Waals surface area contributed by atoms with Crippen LogP contribution in [0.15, 0.2) is 77.7 Å². The van der Waals surface area contributed by atoms with Crippen molar-refractivity contribution in [2.24, 2.45) is 11.8 Å². The zero-order chi connectivity index (χ0) is 26.5. The summed E-state index contributed by atoms with van der Waals surface area (Å²) in [7, 11) is -4.25. The van der Waals surface area contributed by atoms with Gasteiger partial charge in [-0.15, -0.1) is 0 Å². The fourth-order valence-corrected chi connectivity index (χ4v) is 5.64. The summed E-state index contributed by atoms with van der Waals surface area (Å²) >= 11 is 0. The Balaban J connectivity index is 2.01. The molecule has 6 heteroatoms. The van der Waals surface area contributed by atoms with Crippen LogP contribution in [0.25, 0.3) is 0 Å². The quantitative estimate of drug-likeness (QED) is 0.184. The zero-order valence-electron chi connectivity index (χ0n) is 21.5. The average Bonchev–Trinajstić information content (AvgIpc) is 2.82. The molecule has 194 valence electrons. The first-order valence-corrected chi connectivity index (χ1v) is 14.0. The number of rotatable bonds is 11. The lowest BCUT2D eigenvalue weighted by atomic mass is 9.74. The summed E-state index contributed by atoms with van der Waals surface area (Å²) in [5, 5.41) is 20.2. The molecular formula is C30H38O5S. The Morgan fingerprint density at radius 2 is 1.25 bits per heavy atom. The lowest BCUT2D eigenvalue weighted by Gasteiger charge is -2.31. The molecule has 3 aromatic rings. The molecule has 3 unspecified atom stereocenters. The van der Waals surface area contributed by atoms with E-state index in [9.17, 15) is 23.2 Å². The van der Waals surface area contributed by atoms with E-state index in [0.29, 0.717) is 17.8 Å². The van der Waals surface area contributed by atoms with Gasteiger partial charge in [0.1, 0.15) is 0 Å². The van der Waals surface area contributed by atoms with Crippen LogP contribution in [0.5, 0.6) is 11.5 Å². The monoisotopic (exact) mass is 510 g/mol. The van der Waals surface area contributed by atoms with Gasteiger partial charge in [0.2, 0.25) is 0 Å². The van der Waals surface area contributed by atoms with E-state index in [-0.39, 0.29) is 28.2 Å². The van der Waals surface area contributed by atoms with Crippen molar-refractivity contribution in [3.8, 4) is 11.5 Å². The molecule has 0 saturated carbocycles. The van der Waals surface area contributed by atoms with Crippen molar-refractivity contribution in [3.63, 3.8) is 0 Å². The predicted molar refractivity (Wildman–Crippen MR) is 144 cm³/mol. The van der Waals surface area contributed by atoms with Crippen molar-refractivity contribution in [2.75, 3.05) is 0 Å². The molecule has 0 aliphatic carbocycles. The minimum Gasteiger partial charge on any atom is -0.504 e. The molecule has 3 rings (SSSR count). The van der Waals surface area contributed by atoms with Gasteiger partial charge in [0, 0.05) is 0 Å². The third-order valence-corrected chi connectivity index (χ3v) is 7.88. The predicted octanol–water partition coefficient (Wildman–Crippen LogP) is 7.48. The Labute approximate surface area is 215 Å². The number of aromatic hydroxyl groups is 2. The molecule has 3 atom stereocenters. The molecule has 0 heterocycles. The number of hydrogen-bond acceptors (Lipinski definition) is 4. The van der Waals surface area contributed by atoms with Crippen LogP contribution in [0.4, 0.5) is 0 Å². The molecule has 5 nitrogen and oxygen atoms in total. The van der Waals surface area contributed by atoms with Gasteiger partial charge in [-0.1, -0.05) is 76.2 Å². The van der Waals surface area contributed by atoms with Gasteiger partial charge in [-0.2, -0.15) is 8.42 Å². The molecule has 0 aliphatic heterocycles. The normalized spacial score (nSPS) is 14.6. The van der Waals surface area contributed by atoms with E-state index in [0.717, 1.165) is 30.4 Å². The fraction of sp³-hybridized carbons (Fsp3) is 0.400. The SMILES string of the molecule is CC(C)CC(CC(CC(c1ccccc1)C(C)C)c1ccc(O)c(O)c1)c1ccc(S(=O)(=O)O)cc1. The first kappa shape index (κ1) is 27.8. The van der Waals surface area contributed by atoms with Crippen LogP contribution in [0, 0.1) is 11.8 Å². The molecule has 0 aromatic heterocycles. The van der Waals surface area contributed by atoms with Crippen LogP contribution >= 0.6 is 0 Å². The van der Waals surface area contributed by atoms with Gasteiger partial charge in [0.25, 0.3) is 10.1 Å². The molecule has 0 aliphatic rings. The van der Waals surface area contributed by atoms with Gasteiger partial charge in [-0.3, -0.25) is 4.55 Å². The van der Waals surface area contributed by atoms with Crippen LogP contribution in [0.1, 0.15) is 81.4 Å². The van der Waals surface area contributed by atoms with Crippen molar-refractivity contribution < 1.29 is 23.2 Å². The van der Waals surface area contributed by atoms with Crippen LogP contribution in [0.3, 0.4) is 0 Å². The Kier molecular flexibility index (Phi) is 9.20. The summed E-state index contributed by atoms with van der Waals surface area (Å²) in [5.41, 5.74) is 3.26. The van der Waals surface area contributed by atoms with E-state index in [4.69, 9.17) is 0 Å². The van der Waals surface area contributed by atoms with E-state index in [1.807, 2.05) is 12.1 Å². The Morgan fingerprint density at radius 3 is 1.78 bits per heavy atom. The van der Waals surface area contributed by atoms with Gasteiger partial charge < -0.3 is 10.2 Å². The Hall–Kier alpha value is -2.83. The molecule has 36 heavy (non-hydrogen) atoms. The maximum atomic E-state index is 11.5. The number of benzene rings is 3. The van der Waals surface area contributed by atoms with Gasteiger partial charge in [0.15, 0.2) is 11.5 Å². The summed E-state index contributed by atoms with van der Waals surface area (Å²) in [6, 6.07) is 22.1. The highest BCUT2D eigenvalue weighted by atomic mass is 32.2. The topological polar surface area (TPSA) is 94.8 Å². The highest BCUT2D eigenvalue weighted by molar-refractivity contribution is 7.85. The standard InChI is InChI=1S/C30H38O5S/c1-20(2)16-25(22-10-13-27(14-11-22)36(33,34)35)17-26(24-12-15-29(31)30(32)19-24)18-28(21(3)4)23-8-6-5-7-9-23/h5-15,19-21,25-26,28,31-32H,16-18H2,1-4H3,(H,33,34,35). The van der Waals surface area contributed by atoms with Crippen LogP contribution in [-0.2, 0) is 10.1 Å². The van der Waals surface area contributed by atoms with E-state index in [1.165, 1.54) is 17.7 Å². The van der Waals surface area contributed by atoms with Gasteiger partial charge in [-0.05, 0) is 89.8 Å². The summed E-state index contributed by atoms with van der Waals surface area (Å²) in [5.74, 6) is 1.09. The summed E-state index contributed by atoms with van der Waals surface area (Å²) < 4.78 is 32.5. The molecule has 0 spiro atoms. The largest absolute Gasteiger partial charge is 0.504 e. The van der Waals surface area contributed by atoms with Crippen LogP contribution in [0.2, 0.25) is 0 Å². The molecule has 0 saturated heterocycles. The second-order valence-electron chi connectivity index (χ2n) is 10.5. The van der Waals surface area contributed by atoms with Crippen molar-refractivity contribution in [1.82, 2.24) is 0 Å². The van der Waals surface area contributed by atoms with E-state index < -0.39 is 10.1 Å². The first-order chi connectivity index (χ1) is 17.0. The fourth-order valence-electron chi connectivity index (χ4n) is 5.16. The second-order valence-corrected chi connectivity index (χ2v) is 12.0. The highest BCUT2D eigenvalue weighted by Gasteiger charge is 2.27. The summed E-state index contributed by atoms with van der Waals surface area (Å²) in [6.45, 7) is 8.79. The third-order valence-electron chi connectivity index (χ3n) is 7.02. The second kappa shape index (κ2) is 11.9. The number of phenolic OH excluding ortho intramolecular Hbond substituents is 2. The van der Waals surface area contributed by atoms with Crippen molar-refractivity contribution in [3.05, 3.63) is 89.5 Å². The van der Waals surface area contributed by atoms with Crippen LogP contribution < -0.4 is 0 Å². The van der Waals surface area contributed by atoms with Gasteiger partial charge in [-0.25, -0.2) is 0 Å². The van der Waals surface area contributed by atoms with E-state index >= 15 is 0 Å². The molecule has 0 amide bonds. The summed E-state index contributed by atoms with van der Waals surface area (Å²) in [6.07, 6.45) is 2.57. The van der Waals surface area contributed by atoms with Crippen molar-refractivity contribution >= 4 is 10.1 Å². The lowest BCUT2D eigenvalue weighted by molar-refractivity contribution is 0.374. The summed E-state index contributed by atoms with van der Waals surface area (Å²) in [4.78, 5) is -0.112. The van der Waals surface area contributed by atoms with E-state index in [2.05, 4.69) is 52.0 Å². The first-order valence-electron chi connectivity index (χ1n) is 12.6. The maximum Gasteiger partial charge on any atom is 0.294 e. The average molecular weight is 511 g/mol. The Morgan fingerprint density at radius 1 is 0.667 bits per heavy atom.